The third-order valence-electron chi connectivity index (χ3n) is 3.34. The number of benzene rings is 2. The third kappa shape index (κ3) is 2.86. The summed E-state index contributed by atoms with van der Waals surface area (Å²) in [5.74, 6) is 0.594. The van der Waals surface area contributed by atoms with Crippen LogP contribution in [-0.4, -0.2) is 13.7 Å². The maximum absolute atomic E-state index is 5.12. The first-order valence-corrected chi connectivity index (χ1v) is 6.29. The Morgan fingerprint density at radius 2 is 1.82 bits per heavy atom. The summed E-state index contributed by atoms with van der Waals surface area (Å²) in [7, 11) is 1.77. The van der Waals surface area contributed by atoms with Gasteiger partial charge in [0.1, 0.15) is 0 Å². The van der Waals surface area contributed by atoms with Crippen LogP contribution in [0.2, 0.25) is 0 Å². The molecule has 0 aliphatic carbocycles. The largest absolute Gasteiger partial charge is 0.385 e. The van der Waals surface area contributed by atoms with Gasteiger partial charge in [0.05, 0.1) is 0 Å². The molecule has 0 aliphatic rings. The molecule has 0 fully saturated rings. The van der Waals surface area contributed by atoms with Crippen molar-refractivity contribution in [3.8, 4) is 0 Å². The van der Waals surface area contributed by atoms with Gasteiger partial charge in [0.2, 0.25) is 0 Å². The van der Waals surface area contributed by atoms with E-state index in [0.717, 1.165) is 13.0 Å². The smallest absolute Gasteiger partial charge is 0.0462 e. The topological polar surface area (TPSA) is 9.23 Å². The molecule has 2 aromatic rings. The van der Waals surface area contributed by atoms with E-state index in [2.05, 4.69) is 49.4 Å². The molecule has 0 saturated heterocycles. The average Bonchev–Trinajstić information content (AvgIpc) is 2.38. The van der Waals surface area contributed by atoms with E-state index < -0.39 is 0 Å². The molecule has 1 nitrogen and oxygen atoms in total. The van der Waals surface area contributed by atoms with E-state index in [-0.39, 0.29) is 0 Å². The molecule has 1 atom stereocenters. The molecule has 0 aromatic heterocycles. The molecule has 0 radical (unpaired) electrons. The zero-order valence-electron chi connectivity index (χ0n) is 10.6. The lowest BCUT2D eigenvalue weighted by Crippen LogP contribution is -1.97. The van der Waals surface area contributed by atoms with Gasteiger partial charge in [-0.3, -0.25) is 0 Å². The Labute approximate surface area is 103 Å². The van der Waals surface area contributed by atoms with Gasteiger partial charge in [0.25, 0.3) is 0 Å². The van der Waals surface area contributed by atoms with Gasteiger partial charge in [0, 0.05) is 13.7 Å². The Balaban J connectivity index is 2.22. The van der Waals surface area contributed by atoms with Gasteiger partial charge in [0.15, 0.2) is 0 Å². The number of ether oxygens (including phenoxy) is 1. The number of hydrogen-bond donors (Lipinski definition) is 0. The van der Waals surface area contributed by atoms with Crippen molar-refractivity contribution in [3.63, 3.8) is 0 Å². The van der Waals surface area contributed by atoms with E-state index in [1.807, 2.05) is 0 Å². The highest BCUT2D eigenvalue weighted by Gasteiger charge is 2.08. The highest BCUT2D eigenvalue weighted by atomic mass is 16.5. The van der Waals surface area contributed by atoms with E-state index >= 15 is 0 Å². The zero-order chi connectivity index (χ0) is 12.1. The Kier molecular flexibility index (Phi) is 4.16. The standard InChI is InChI=1S/C16H20O/c1-13(7-6-12-17-2)15-11-5-9-14-8-3-4-10-16(14)15/h3-5,8-11,13H,6-7,12H2,1-2H3. The van der Waals surface area contributed by atoms with Crippen molar-refractivity contribution < 1.29 is 4.74 Å². The quantitative estimate of drug-likeness (QED) is 0.690. The number of methoxy groups -OCH3 is 1. The van der Waals surface area contributed by atoms with Crippen molar-refractivity contribution in [2.24, 2.45) is 0 Å². The zero-order valence-corrected chi connectivity index (χ0v) is 10.6. The van der Waals surface area contributed by atoms with Gasteiger partial charge in [-0.1, -0.05) is 49.4 Å². The van der Waals surface area contributed by atoms with Crippen LogP contribution in [0.25, 0.3) is 10.8 Å². The molecule has 0 bridgehead atoms. The number of hydrogen-bond acceptors (Lipinski definition) is 1. The fourth-order valence-corrected chi connectivity index (χ4v) is 2.37. The molecule has 2 aromatic carbocycles. The summed E-state index contributed by atoms with van der Waals surface area (Å²) in [6.45, 7) is 3.16. The van der Waals surface area contributed by atoms with E-state index in [4.69, 9.17) is 4.74 Å². The predicted octanol–water partition coefficient (Wildman–Crippen LogP) is 4.37. The molecule has 0 N–H and O–H groups in total. The SMILES string of the molecule is COCCCC(C)c1cccc2ccccc12. The lowest BCUT2D eigenvalue weighted by molar-refractivity contribution is 0.191. The highest BCUT2D eigenvalue weighted by Crippen LogP contribution is 2.28. The highest BCUT2D eigenvalue weighted by molar-refractivity contribution is 5.86. The molecule has 1 unspecified atom stereocenters. The summed E-state index contributed by atoms with van der Waals surface area (Å²) >= 11 is 0. The second kappa shape index (κ2) is 5.83. The third-order valence-corrected chi connectivity index (χ3v) is 3.34. The van der Waals surface area contributed by atoms with Crippen LogP contribution in [0.5, 0.6) is 0 Å². The van der Waals surface area contributed by atoms with Crippen LogP contribution in [-0.2, 0) is 4.74 Å². The van der Waals surface area contributed by atoms with E-state index in [1.54, 1.807) is 7.11 Å². The summed E-state index contributed by atoms with van der Waals surface area (Å²) in [5.41, 5.74) is 1.46. The summed E-state index contributed by atoms with van der Waals surface area (Å²) < 4.78 is 5.12. The summed E-state index contributed by atoms with van der Waals surface area (Å²) in [6, 6.07) is 15.2. The number of rotatable bonds is 5. The van der Waals surface area contributed by atoms with Gasteiger partial charge in [-0.2, -0.15) is 0 Å². The fourth-order valence-electron chi connectivity index (χ4n) is 2.37. The molecule has 0 aliphatic heterocycles. The van der Waals surface area contributed by atoms with Gasteiger partial charge in [-0.05, 0) is 35.1 Å². The predicted molar refractivity (Wildman–Crippen MR) is 73.5 cm³/mol. The van der Waals surface area contributed by atoms with Crippen LogP contribution in [0.4, 0.5) is 0 Å². The second-order valence-electron chi connectivity index (χ2n) is 4.60. The van der Waals surface area contributed by atoms with Crippen molar-refractivity contribution in [2.45, 2.75) is 25.7 Å². The van der Waals surface area contributed by atoms with Crippen molar-refractivity contribution in [1.82, 2.24) is 0 Å². The lowest BCUT2D eigenvalue weighted by Gasteiger charge is -2.14. The first kappa shape index (κ1) is 12.1. The lowest BCUT2D eigenvalue weighted by atomic mass is 9.92. The van der Waals surface area contributed by atoms with Crippen molar-refractivity contribution in [1.29, 1.82) is 0 Å². The Morgan fingerprint density at radius 3 is 2.65 bits per heavy atom. The van der Waals surface area contributed by atoms with Crippen molar-refractivity contribution >= 4 is 10.8 Å². The summed E-state index contributed by atoms with van der Waals surface area (Å²) in [6.07, 6.45) is 2.31. The van der Waals surface area contributed by atoms with Crippen LogP contribution >= 0.6 is 0 Å². The van der Waals surface area contributed by atoms with Crippen LogP contribution < -0.4 is 0 Å². The minimum Gasteiger partial charge on any atom is -0.385 e. The van der Waals surface area contributed by atoms with Crippen LogP contribution in [0.3, 0.4) is 0 Å². The fraction of sp³-hybridized carbons (Fsp3) is 0.375. The van der Waals surface area contributed by atoms with Crippen LogP contribution in [0.1, 0.15) is 31.2 Å². The molecule has 17 heavy (non-hydrogen) atoms. The average molecular weight is 228 g/mol. The molecule has 1 heteroatoms. The summed E-state index contributed by atoms with van der Waals surface area (Å²) in [5, 5.41) is 2.73. The van der Waals surface area contributed by atoms with Crippen molar-refractivity contribution in [2.75, 3.05) is 13.7 Å². The minimum atomic E-state index is 0.594. The number of fused-ring (bicyclic) bond motifs is 1. The van der Waals surface area contributed by atoms with Crippen LogP contribution in [0, 0.1) is 0 Å². The van der Waals surface area contributed by atoms with Crippen molar-refractivity contribution in [3.05, 3.63) is 48.0 Å². The van der Waals surface area contributed by atoms with Gasteiger partial charge in [-0.25, -0.2) is 0 Å². The Morgan fingerprint density at radius 1 is 1.06 bits per heavy atom. The molecule has 0 spiro atoms. The molecular formula is C16H20O. The maximum atomic E-state index is 5.12. The first-order chi connectivity index (χ1) is 8.33. The van der Waals surface area contributed by atoms with E-state index in [0.29, 0.717) is 5.92 Å². The van der Waals surface area contributed by atoms with E-state index in [9.17, 15) is 0 Å². The van der Waals surface area contributed by atoms with E-state index in [1.165, 1.54) is 22.8 Å². The molecule has 0 heterocycles. The summed E-state index contributed by atoms with van der Waals surface area (Å²) in [4.78, 5) is 0. The Bertz CT molecular complexity index is 470. The molecule has 2 rings (SSSR count). The first-order valence-electron chi connectivity index (χ1n) is 6.29. The molecule has 90 valence electrons. The maximum Gasteiger partial charge on any atom is 0.0462 e. The minimum absolute atomic E-state index is 0.594. The van der Waals surface area contributed by atoms with Gasteiger partial charge in [-0.15, -0.1) is 0 Å². The molecule has 0 saturated carbocycles. The van der Waals surface area contributed by atoms with Gasteiger partial charge < -0.3 is 4.74 Å². The molecular weight excluding hydrogens is 208 g/mol. The van der Waals surface area contributed by atoms with Gasteiger partial charge >= 0.3 is 0 Å². The normalized spacial score (nSPS) is 12.8. The van der Waals surface area contributed by atoms with Crippen LogP contribution in [0.15, 0.2) is 42.5 Å². The Hall–Kier alpha value is -1.34. The second-order valence-corrected chi connectivity index (χ2v) is 4.60. The molecule has 0 amide bonds. The monoisotopic (exact) mass is 228 g/mol.